The van der Waals surface area contributed by atoms with Gasteiger partial charge in [-0.25, -0.2) is 9.78 Å². The molecule has 46 heavy (non-hydrogen) atoms. The maximum Gasteiger partial charge on any atom is 0.341 e. The summed E-state index contributed by atoms with van der Waals surface area (Å²) in [6.45, 7) is 14.6. The predicted molar refractivity (Wildman–Crippen MR) is 173 cm³/mol. The molecule has 0 N–H and O–H groups in total. The Morgan fingerprint density at radius 2 is 1.61 bits per heavy atom. The number of carbonyl (C=O) groups excluding carboxylic acids is 2. The van der Waals surface area contributed by atoms with E-state index in [-0.39, 0.29) is 52.5 Å². The lowest BCUT2D eigenvalue weighted by Gasteiger charge is -2.17. The first kappa shape index (κ1) is 34.2. The molecule has 1 amide bonds. The summed E-state index contributed by atoms with van der Waals surface area (Å²) < 4.78 is 31.6. The summed E-state index contributed by atoms with van der Waals surface area (Å²) in [4.78, 5) is 50.5. The molecule has 0 unspecified atom stereocenters. The van der Waals surface area contributed by atoms with E-state index in [1.165, 1.54) is 22.6 Å². The number of ether oxygens (including phenoxy) is 5. The van der Waals surface area contributed by atoms with Crippen LogP contribution in [0.5, 0.6) is 17.2 Å². The third kappa shape index (κ3) is 7.39. The number of aromatic nitrogens is 3. The average Bonchev–Trinajstić information content (AvgIpc) is 3.02. The molecule has 0 saturated carbocycles. The zero-order chi connectivity index (χ0) is 33.4. The van der Waals surface area contributed by atoms with E-state index in [9.17, 15) is 14.4 Å². The second-order valence-corrected chi connectivity index (χ2v) is 10.6. The van der Waals surface area contributed by atoms with Crippen molar-refractivity contribution in [3.63, 3.8) is 0 Å². The third-order valence-electron chi connectivity index (χ3n) is 6.94. The number of amides is 1. The number of fused-ring (bicyclic) bond motifs is 2. The SMILES string of the molecule is CCOC(=O)c1cc2c(=O)n3cccc(C)c3nc2n(CCCOC(C)C)c1=NC(=O)c1cc(OCC)c(OCC)c(OCC)c1. The van der Waals surface area contributed by atoms with Gasteiger partial charge in [0.05, 0.1) is 37.9 Å². The van der Waals surface area contributed by atoms with Gasteiger partial charge in [0.25, 0.3) is 11.5 Å². The van der Waals surface area contributed by atoms with Gasteiger partial charge in [-0.1, -0.05) is 6.07 Å². The standard InChI is InChI=1S/C34H42N4O8/c1-8-42-26-18-23(19-27(43-9-2)28(26)44-10-3)32(39)36-31-25(34(41)45-11-4)20-24-30(37(31)16-13-17-46-21(5)6)35-29-22(7)14-12-15-38(29)33(24)40/h12,14-15,18-21H,8-11,13,16-17H2,1-7H3. The average molecular weight is 635 g/mol. The summed E-state index contributed by atoms with van der Waals surface area (Å²) in [6.07, 6.45) is 2.12. The summed E-state index contributed by atoms with van der Waals surface area (Å²) in [5, 5.41) is 0.181. The molecule has 12 heteroatoms. The number of hydrogen-bond donors (Lipinski definition) is 0. The van der Waals surface area contributed by atoms with Crippen molar-refractivity contribution in [3.8, 4) is 17.2 Å². The van der Waals surface area contributed by atoms with Crippen LogP contribution >= 0.6 is 0 Å². The first-order chi connectivity index (χ1) is 22.1. The lowest BCUT2D eigenvalue weighted by atomic mass is 10.1. The Bertz CT molecular complexity index is 1830. The first-order valence-electron chi connectivity index (χ1n) is 15.6. The summed E-state index contributed by atoms with van der Waals surface area (Å²) in [6, 6.07) is 8.09. The summed E-state index contributed by atoms with van der Waals surface area (Å²) in [5.74, 6) is -0.362. The minimum Gasteiger partial charge on any atom is -0.490 e. The van der Waals surface area contributed by atoms with Crippen molar-refractivity contribution in [2.24, 2.45) is 4.99 Å². The molecule has 4 aromatic rings. The Morgan fingerprint density at radius 3 is 2.22 bits per heavy atom. The highest BCUT2D eigenvalue weighted by Gasteiger charge is 2.22. The summed E-state index contributed by atoms with van der Waals surface area (Å²) in [7, 11) is 0. The molecule has 0 radical (unpaired) electrons. The number of esters is 1. The van der Waals surface area contributed by atoms with Crippen LogP contribution in [0.15, 0.2) is 46.3 Å². The Kier molecular flexibility index (Phi) is 11.5. The fourth-order valence-electron chi connectivity index (χ4n) is 4.99. The largest absolute Gasteiger partial charge is 0.490 e. The number of benzene rings is 1. The molecule has 0 fully saturated rings. The van der Waals surface area contributed by atoms with E-state index in [0.717, 1.165) is 5.56 Å². The molecule has 0 aliphatic heterocycles. The third-order valence-corrected chi connectivity index (χ3v) is 6.94. The van der Waals surface area contributed by atoms with E-state index in [1.807, 2.05) is 47.6 Å². The number of rotatable bonds is 14. The second kappa shape index (κ2) is 15.5. The number of pyridine rings is 2. The maximum atomic E-state index is 14.0. The molecule has 4 rings (SSSR count). The van der Waals surface area contributed by atoms with Gasteiger partial charge in [-0.05, 0) is 84.7 Å². The summed E-state index contributed by atoms with van der Waals surface area (Å²) >= 11 is 0. The lowest BCUT2D eigenvalue weighted by molar-refractivity contribution is 0.0523. The fraction of sp³-hybridized carbons (Fsp3) is 0.441. The van der Waals surface area contributed by atoms with Crippen molar-refractivity contribution in [1.29, 1.82) is 0 Å². The Hall–Kier alpha value is -4.71. The number of hydrogen-bond acceptors (Lipinski definition) is 9. The van der Waals surface area contributed by atoms with Gasteiger partial charge in [-0.15, -0.1) is 0 Å². The summed E-state index contributed by atoms with van der Waals surface area (Å²) in [5.41, 5.74) is 1.26. The maximum absolute atomic E-state index is 14.0. The van der Waals surface area contributed by atoms with Crippen LogP contribution in [0.4, 0.5) is 0 Å². The number of aryl methyl sites for hydroxylation is 2. The highest BCUT2D eigenvalue weighted by Crippen LogP contribution is 2.39. The number of nitrogens with zero attached hydrogens (tertiary/aromatic N) is 4. The van der Waals surface area contributed by atoms with E-state index < -0.39 is 11.9 Å². The predicted octanol–water partition coefficient (Wildman–Crippen LogP) is 4.89. The van der Waals surface area contributed by atoms with Crippen molar-refractivity contribution in [3.05, 3.63) is 69.1 Å². The zero-order valence-electron chi connectivity index (χ0n) is 27.5. The highest BCUT2D eigenvalue weighted by molar-refractivity contribution is 5.98. The molecule has 3 heterocycles. The molecule has 0 aliphatic rings. The van der Waals surface area contributed by atoms with Gasteiger partial charge in [0.1, 0.15) is 16.9 Å². The second-order valence-electron chi connectivity index (χ2n) is 10.6. The molecule has 3 aromatic heterocycles. The minimum absolute atomic E-state index is 0.00596. The normalized spacial score (nSPS) is 11.8. The molecule has 0 saturated heterocycles. The van der Waals surface area contributed by atoms with Crippen LogP contribution in [-0.2, 0) is 16.0 Å². The van der Waals surface area contributed by atoms with Crippen molar-refractivity contribution in [2.45, 2.75) is 67.5 Å². The van der Waals surface area contributed by atoms with Gasteiger partial charge < -0.3 is 28.3 Å². The smallest absolute Gasteiger partial charge is 0.341 e. The van der Waals surface area contributed by atoms with Crippen LogP contribution in [0, 0.1) is 6.92 Å². The van der Waals surface area contributed by atoms with Crippen LogP contribution in [-0.4, -0.2) is 65.0 Å². The van der Waals surface area contributed by atoms with Crippen LogP contribution in [0.3, 0.4) is 0 Å². The molecule has 246 valence electrons. The Balaban J connectivity index is 2.05. The van der Waals surface area contributed by atoms with E-state index in [0.29, 0.717) is 55.7 Å². The van der Waals surface area contributed by atoms with E-state index in [4.69, 9.17) is 28.7 Å². The fourth-order valence-corrected chi connectivity index (χ4v) is 4.99. The van der Waals surface area contributed by atoms with Gasteiger partial charge in [0.15, 0.2) is 17.0 Å². The molecular formula is C34H42N4O8. The van der Waals surface area contributed by atoms with Crippen LogP contribution < -0.4 is 25.3 Å². The Morgan fingerprint density at radius 1 is 0.935 bits per heavy atom. The zero-order valence-corrected chi connectivity index (χ0v) is 27.5. The monoisotopic (exact) mass is 634 g/mol. The van der Waals surface area contributed by atoms with Crippen LogP contribution in [0.1, 0.15) is 74.2 Å². The van der Waals surface area contributed by atoms with Gasteiger partial charge in [0.2, 0.25) is 5.75 Å². The minimum atomic E-state index is -0.728. The van der Waals surface area contributed by atoms with Crippen molar-refractivity contribution >= 4 is 28.6 Å². The molecule has 1 aromatic carbocycles. The molecule has 0 spiro atoms. The van der Waals surface area contributed by atoms with Gasteiger partial charge in [-0.2, -0.15) is 4.99 Å². The van der Waals surface area contributed by atoms with Gasteiger partial charge >= 0.3 is 5.97 Å². The van der Waals surface area contributed by atoms with Crippen molar-refractivity contribution in [1.82, 2.24) is 14.0 Å². The van der Waals surface area contributed by atoms with Crippen molar-refractivity contribution < 1.29 is 33.3 Å². The van der Waals surface area contributed by atoms with E-state index in [2.05, 4.69) is 4.99 Å². The first-order valence-corrected chi connectivity index (χ1v) is 15.6. The molecule has 0 aliphatic carbocycles. The molecule has 0 atom stereocenters. The van der Waals surface area contributed by atoms with Crippen molar-refractivity contribution in [2.75, 3.05) is 33.0 Å². The Labute approximate surface area is 267 Å². The number of carbonyl (C=O) groups is 2. The van der Waals surface area contributed by atoms with E-state index >= 15 is 0 Å². The highest BCUT2D eigenvalue weighted by atomic mass is 16.5. The molecular weight excluding hydrogens is 592 g/mol. The molecule has 12 nitrogen and oxygen atoms in total. The lowest BCUT2D eigenvalue weighted by Crippen LogP contribution is -2.33. The van der Waals surface area contributed by atoms with Crippen LogP contribution in [0.25, 0.3) is 16.7 Å². The molecule has 0 bridgehead atoms. The quantitative estimate of drug-likeness (QED) is 0.108. The van der Waals surface area contributed by atoms with Gasteiger partial charge in [-0.3, -0.25) is 14.0 Å². The van der Waals surface area contributed by atoms with E-state index in [1.54, 1.807) is 23.8 Å². The van der Waals surface area contributed by atoms with Gasteiger partial charge in [0, 0.05) is 24.9 Å². The van der Waals surface area contributed by atoms with Crippen LogP contribution in [0.2, 0.25) is 0 Å². The topological polar surface area (TPSA) is 132 Å².